The number of hydrogen-bond donors (Lipinski definition) is 1. The number of rotatable bonds is 5. The summed E-state index contributed by atoms with van der Waals surface area (Å²) >= 11 is 4.85. The van der Waals surface area contributed by atoms with Crippen molar-refractivity contribution in [2.75, 3.05) is 5.75 Å². The average molecular weight is 322 g/mol. The second-order valence-electron chi connectivity index (χ2n) is 4.48. The van der Waals surface area contributed by atoms with E-state index in [0.717, 1.165) is 0 Å². The molecule has 110 valence electrons. The van der Waals surface area contributed by atoms with Crippen molar-refractivity contribution in [3.63, 3.8) is 0 Å². The molecule has 2 aromatic rings. The molecule has 0 aliphatic rings. The summed E-state index contributed by atoms with van der Waals surface area (Å²) in [4.78, 5) is 11.3. The van der Waals surface area contributed by atoms with E-state index >= 15 is 0 Å². The molecule has 0 aliphatic heterocycles. The van der Waals surface area contributed by atoms with Gasteiger partial charge in [0.15, 0.2) is 15.3 Å². The van der Waals surface area contributed by atoms with Gasteiger partial charge in [0.25, 0.3) is 0 Å². The molecule has 0 unspecified atom stereocenters. The highest BCUT2D eigenvalue weighted by Crippen LogP contribution is 2.14. The lowest BCUT2D eigenvalue weighted by Gasteiger charge is -2.08. The van der Waals surface area contributed by atoms with E-state index in [-0.39, 0.29) is 27.6 Å². The Kier molecular flexibility index (Phi) is 4.54. The van der Waals surface area contributed by atoms with Crippen LogP contribution in [-0.2, 0) is 16.4 Å². The van der Waals surface area contributed by atoms with Crippen molar-refractivity contribution in [3.05, 3.63) is 64.6 Å². The number of thiocarbonyl (C=S) groups is 1. The minimum absolute atomic E-state index is 0.0728. The summed E-state index contributed by atoms with van der Waals surface area (Å²) in [5, 5.41) is 0. The van der Waals surface area contributed by atoms with Crippen molar-refractivity contribution in [1.29, 1.82) is 0 Å². The molecule has 7 heteroatoms. The minimum atomic E-state index is -3.44. The second kappa shape index (κ2) is 6.19. The van der Waals surface area contributed by atoms with Gasteiger partial charge in [0.05, 0.1) is 10.6 Å². The monoisotopic (exact) mass is 322 g/mol. The summed E-state index contributed by atoms with van der Waals surface area (Å²) in [6.45, 7) is 0.264. The van der Waals surface area contributed by atoms with Gasteiger partial charge in [-0.1, -0.05) is 24.4 Å². The number of nitrogens with zero attached hydrogens (tertiary/aromatic N) is 1. The molecule has 0 saturated heterocycles. The van der Waals surface area contributed by atoms with Crippen LogP contribution in [0.25, 0.3) is 0 Å². The first-order valence-corrected chi connectivity index (χ1v) is 8.23. The van der Waals surface area contributed by atoms with Gasteiger partial charge in [0.2, 0.25) is 0 Å². The van der Waals surface area contributed by atoms with E-state index in [0.29, 0.717) is 5.56 Å². The SMILES string of the molecule is NC(=S)c1cccc(S(=O)(=O)CCn2ccc(=O)cc2)c1. The molecule has 0 bridgehead atoms. The van der Waals surface area contributed by atoms with Crippen molar-refractivity contribution in [1.82, 2.24) is 4.57 Å². The van der Waals surface area contributed by atoms with E-state index in [2.05, 4.69) is 0 Å². The number of nitrogens with two attached hydrogens (primary N) is 1. The smallest absolute Gasteiger partial charge is 0.181 e. The van der Waals surface area contributed by atoms with Crippen molar-refractivity contribution in [2.24, 2.45) is 5.73 Å². The molecule has 2 N–H and O–H groups in total. The number of pyridine rings is 1. The summed E-state index contributed by atoms with van der Waals surface area (Å²) in [6, 6.07) is 9.05. The average Bonchev–Trinajstić information content (AvgIpc) is 2.47. The number of hydrogen-bond acceptors (Lipinski definition) is 4. The Morgan fingerprint density at radius 1 is 1.19 bits per heavy atom. The molecule has 1 aromatic carbocycles. The zero-order valence-electron chi connectivity index (χ0n) is 11.1. The first-order valence-electron chi connectivity index (χ1n) is 6.17. The standard InChI is InChI=1S/C14H14N2O3S2/c15-14(20)11-2-1-3-13(10-11)21(18,19)9-8-16-6-4-12(17)5-7-16/h1-7,10H,8-9H2,(H2,15,20). The van der Waals surface area contributed by atoms with Crippen molar-refractivity contribution < 1.29 is 8.42 Å². The number of aryl methyl sites for hydroxylation is 1. The highest BCUT2D eigenvalue weighted by atomic mass is 32.2. The van der Waals surface area contributed by atoms with Gasteiger partial charge in [0, 0.05) is 36.6 Å². The van der Waals surface area contributed by atoms with Crippen molar-refractivity contribution >= 4 is 27.0 Å². The van der Waals surface area contributed by atoms with Gasteiger partial charge in [-0.2, -0.15) is 0 Å². The van der Waals surface area contributed by atoms with E-state index in [1.54, 1.807) is 29.1 Å². The maximum absolute atomic E-state index is 12.3. The van der Waals surface area contributed by atoms with Gasteiger partial charge in [-0.05, 0) is 12.1 Å². The molecular formula is C14H14N2O3S2. The van der Waals surface area contributed by atoms with Crippen LogP contribution >= 0.6 is 12.2 Å². The Labute approximate surface area is 127 Å². The fraction of sp³-hybridized carbons (Fsp3) is 0.143. The molecule has 2 rings (SSSR count). The summed E-state index contributed by atoms with van der Waals surface area (Å²) in [7, 11) is -3.44. The maximum Gasteiger partial charge on any atom is 0.181 e. The second-order valence-corrected chi connectivity index (χ2v) is 7.03. The van der Waals surface area contributed by atoms with E-state index in [9.17, 15) is 13.2 Å². The lowest BCUT2D eigenvalue weighted by Crippen LogP contribution is -2.15. The Hall–Kier alpha value is -1.99. The van der Waals surface area contributed by atoms with E-state index < -0.39 is 9.84 Å². The van der Waals surface area contributed by atoms with Crippen LogP contribution in [0.3, 0.4) is 0 Å². The summed E-state index contributed by atoms with van der Waals surface area (Å²) in [5.41, 5.74) is 5.92. The number of sulfone groups is 1. The summed E-state index contributed by atoms with van der Waals surface area (Å²) in [5.74, 6) is -0.0728. The normalized spacial score (nSPS) is 11.2. The molecule has 1 aromatic heterocycles. The summed E-state index contributed by atoms with van der Waals surface area (Å²) < 4.78 is 26.2. The Morgan fingerprint density at radius 3 is 2.48 bits per heavy atom. The van der Waals surface area contributed by atoms with E-state index in [1.807, 2.05) is 0 Å². The lowest BCUT2D eigenvalue weighted by atomic mass is 10.2. The molecule has 1 heterocycles. The molecular weight excluding hydrogens is 308 g/mol. The van der Waals surface area contributed by atoms with Crippen LogP contribution in [0.4, 0.5) is 0 Å². The highest BCUT2D eigenvalue weighted by molar-refractivity contribution is 7.91. The molecule has 0 saturated carbocycles. The number of benzene rings is 1. The van der Waals surface area contributed by atoms with Gasteiger partial charge in [-0.25, -0.2) is 8.42 Å². The first kappa shape index (κ1) is 15.4. The number of aromatic nitrogens is 1. The topological polar surface area (TPSA) is 82.2 Å². The van der Waals surface area contributed by atoms with Crippen LogP contribution < -0.4 is 11.2 Å². The predicted molar refractivity (Wildman–Crippen MR) is 85.1 cm³/mol. The third kappa shape index (κ3) is 3.99. The maximum atomic E-state index is 12.3. The van der Waals surface area contributed by atoms with E-state index in [4.69, 9.17) is 18.0 Å². The Morgan fingerprint density at radius 2 is 1.86 bits per heavy atom. The van der Waals surface area contributed by atoms with Gasteiger partial charge in [0.1, 0.15) is 4.99 Å². The molecule has 0 radical (unpaired) electrons. The quantitative estimate of drug-likeness (QED) is 0.829. The molecule has 0 fully saturated rings. The van der Waals surface area contributed by atoms with Crippen LogP contribution in [-0.4, -0.2) is 23.7 Å². The molecule has 5 nitrogen and oxygen atoms in total. The fourth-order valence-electron chi connectivity index (χ4n) is 1.78. The highest BCUT2D eigenvalue weighted by Gasteiger charge is 2.15. The van der Waals surface area contributed by atoms with Crippen LogP contribution in [0, 0.1) is 0 Å². The van der Waals surface area contributed by atoms with E-state index in [1.165, 1.54) is 24.3 Å². The minimum Gasteiger partial charge on any atom is -0.389 e. The molecule has 21 heavy (non-hydrogen) atoms. The van der Waals surface area contributed by atoms with Gasteiger partial charge >= 0.3 is 0 Å². The zero-order chi connectivity index (χ0) is 15.5. The Bertz CT molecular complexity index is 806. The first-order chi connectivity index (χ1) is 9.88. The van der Waals surface area contributed by atoms with Crippen molar-refractivity contribution in [2.45, 2.75) is 11.4 Å². The largest absolute Gasteiger partial charge is 0.389 e. The van der Waals surface area contributed by atoms with Crippen LogP contribution in [0.15, 0.2) is 58.5 Å². The van der Waals surface area contributed by atoms with Gasteiger partial charge in [-0.15, -0.1) is 0 Å². The summed E-state index contributed by atoms with van der Waals surface area (Å²) in [6.07, 6.45) is 3.12. The molecule has 0 atom stereocenters. The lowest BCUT2D eigenvalue weighted by molar-refractivity contribution is 0.588. The van der Waals surface area contributed by atoms with Crippen LogP contribution in [0.5, 0.6) is 0 Å². The van der Waals surface area contributed by atoms with Gasteiger partial charge < -0.3 is 10.3 Å². The van der Waals surface area contributed by atoms with Crippen LogP contribution in [0.1, 0.15) is 5.56 Å². The van der Waals surface area contributed by atoms with Crippen molar-refractivity contribution in [3.8, 4) is 0 Å². The molecule has 0 aliphatic carbocycles. The van der Waals surface area contributed by atoms with Gasteiger partial charge in [-0.3, -0.25) is 4.79 Å². The molecule has 0 spiro atoms. The third-order valence-corrected chi connectivity index (χ3v) is 4.88. The molecule has 0 amide bonds. The predicted octanol–water partition coefficient (Wildman–Crippen LogP) is 0.956. The van der Waals surface area contributed by atoms with Crippen LogP contribution in [0.2, 0.25) is 0 Å². The zero-order valence-corrected chi connectivity index (χ0v) is 12.7. The Balaban J connectivity index is 2.18. The fourth-order valence-corrected chi connectivity index (χ4v) is 3.19. The third-order valence-electron chi connectivity index (χ3n) is 2.96.